The van der Waals surface area contributed by atoms with Gasteiger partial charge in [0.25, 0.3) is 0 Å². The van der Waals surface area contributed by atoms with Gasteiger partial charge in [-0.05, 0) is 37.9 Å². The van der Waals surface area contributed by atoms with Gasteiger partial charge in [-0.2, -0.15) is 0 Å². The third kappa shape index (κ3) is 4.40. The topological polar surface area (TPSA) is 41.3 Å². The van der Waals surface area contributed by atoms with Crippen molar-refractivity contribution in [1.82, 2.24) is 10.2 Å². The summed E-state index contributed by atoms with van der Waals surface area (Å²) in [7, 11) is 0. The molecule has 1 saturated heterocycles. The van der Waals surface area contributed by atoms with Crippen LogP contribution in [0.3, 0.4) is 0 Å². The van der Waals surface area contributed by atoms with E-state index in [2.05, 4.69) is 24.1 Å². The minimum absolute atomic E-state index is 0.761. The van der Waals surface area contributed by atoms with Gasteiger partial charge in [0, 0.05) is 19.6 Å². The minimum atomic E-state index is 0.761. The smallest absolute Gasteiger partial charge is 0.0105 e. The standard InChI is InChI=1S/C11H25N3/c1-10(2)7-13-8-11-3-5-14(9-11)6-4-12/h10-11,13H,3-9,12H2,1-2H3. The van der Waals surface area contributed by atoms with Crippen LogP contribution in [0.15, 0.2) is 0 Å². The first-order valence-electron chi connectivity index (χ1n) is 5.85. The van der Waals surface area contributed by atoms with E-state index in [9.17, 15) is 0 Å². The van der Waals surface area contributed by atoms with Crippen LogP contribution < -0.4 is 11.1 Å². The van der Waals surface area contributed by atoms with Gasteiger partial charge < -0.3 is 16.0 Å². The van der Waals surface area contributed by atoms with E-state index in [1.807, 2.05) is 0 Å². The van der Waals surface area contributed by atoms with Crippen LogP contribution in [0.1, 0.15) is 20.3 Å². The molecule has 1 fully saturated rings. The molecule has 14 heavy (non-hydrogen) atoms. The van der Waals surface area contributed by atoms with Gasteiger partial charge in [0.2, 0.25) is 0 Å². The molecule has 1 unspecified atom stereocenters. The van der Waals surface area contributed by atoms with E-state index < -0.39 is 0 Å². The third-order valence-corrected chi connectivity index (χ3v) is 2.80. The van der Waals surface area contributed by atoms with E-state index in [4.69, 9.17) is 5.73 Å². The lowest BCUT2D eigenvalue weighted by Crippen LogP contribution is -2.30. The molecule has 1 rings (SSSR count). The van der Waals surface area contributed by atoms with Gasteiger partial charge in [0.1, 0.15) is 0 Å². The number of nitrogens with one attached hydrogen (secondary N) is 1. The van der Waals surface area contributed by atoms with Crippen LogP contribution in [-0.2, 0) is 0 Å². The van der Waals surface area contributed by atoms with Crippen molar-refractivity contribution in [1.29, 1.82) is 0 Å². The van der Waals surface area contributed by atoms with Crippen LogP contribution in [0.5, 0.6) is 0 Å². The molecular weight excluding hydrogens is 174 g/mol. The van der Waals surface area contributed by atoms with Crippen molar-refractivity contribution >= 4 is 0 Å². The maximum absolute atomic E-state index is 5.54. The van der Waals surface area contributed by atoms with Gasteiger partial charge in [0.05, 0.1) is 0 Å². The van der Waals surface area contributed by atoms with Crippen LogP contribution in [0.25, 0.3) is 0 Å². The Labute approximate surface area is 88.0 Å². The zero-order valence-corrected chi connectivity index (χ0v) is 9.63. The second-order valence-electron chi connectivity index (χ2n) is 4.80. The molecule has 1 aliphatic heterocycles. The van der Waals surface area contributed by atoms with E-state index in [-0.39, 0.29) is 0 Å². The molecule has 0 bridgehead atoms. The maximum atomic E-state index is 5.54. The Balaban J connectivity index is 2.04. The second kappa shape index (κ2) is 6.38. The fraction of sp³-hybridized carbons (Fsp3) is 1.00. The molecule has 0 aromatic heterocycles. The number of nitrogens with zero attached hydrogens (tertiary/aromatic N) is 1. The van der Waals surface area contributed by atoms with Crippen molar-refractivity contribution < 1.29 is 0 Å². The zero-order valence-electron chi connectivity index (χ0n) is 9.63. The van der Waals surface area contributed by atoms with E-state index in [0.29, 0.717) is 0 Å². The predicted octanol–water partition coefficient (Wildman–Crippen LogP) is 0.513. The quantitative estimate of drug-likeness (QED) is 0.655. The van der Waals surface area contributed by atoms with Crippen LogP contribution in [0.4, 0.5) is 0 Å². The Kier molecular flexibility index (Phi) is 5.45. The largest absolute Gasteiger partial charge is 0.329 e. The lowest BCUT2D eigenvalue weighted by molar-refractivity contribution is 0.329. The number of hydrogen-bond donors (Lipinski definition) is 2. The monoisotopic (exact) mass is 199 g/mol. The first-order valence-corrected chi connectivity index (χ1v) is 5.85. The van der Waals surface area contributed by atoms with Gasteiger partial charge >= 0.3 is 0 Å². The lowest BCUT2D eigenvalue weighted by atomic mass is 10.1. The summed E-state index contributed by atoms with van der Waals surface area (Å²) < 4.78 is 0. The average Bonchev–Trinajstić information content (AvgIpc) is 2.53. The van der Waals surface area contributed by atoms with Crippen molar-refractivity contribution in [3.8, 4) is 0 Å². The highest BCUT2D eigenvalue weighted by Gasteiger charge is 2.20. The summed E-state index contributed by atoms with van der Waals surface area (Å²) in [4.78, 5) is 2.47. The minimum Gasteiger partial charge on any atom is -0.329 e. The Morgan fingerprint density at radius 1 is 1.50 bits per heavy atom. The van der Waals surface area contributed by atoms with Crippen molar-refractivity contribution in [2.45, 2.75) is 20.3 Å². The molecule has 0 spiro atoms. The molecule has 1 aliphatic rings. The highest BCUT2D eigenvalue weighted by molar-refractivity contribution is 4.77. The number of rotatable bonds is 6. The fourth-order valence-electron chi connectivity index (χ4n) is 2.04. The van der Waals surface area contributed by atoms with Gasteiger partial charge in [-0.3, -0.25) is 0 Å². The summed E-state index contributed by atoms with van der Waals surface area (Å²) in [6, 6.07) is 0. The third-order valence-electron chi connectivity index (χ3n) is 2.80. The van der Waals surface area contributed by atoms with E-state index in [1.165, 1.54) is 26.1 Å². The summed E-state index contributed by atoms with van der Waals surface area (Å²) in [5.74, 6) is 1.61. The molecule has 84 valence electrons. The first-order chi connectivity index (χ1) is 6.72. The van der Waals surface area contributed by atoms with Crippen LogP contribution in [0.2, 0.25) is 0 Å². The highest BCUT2D eigenvalue weighted by atomic mass is 15.2. The summed E-state index contributed by atoms with van der Waals surface area (Å²) in [5.41, 5.74) is 5.54. The van der Waals surface area contributed by atoms with Crippen molar-refractivity contribution in [2.75, 3.05) is 39.3 Å². The van der Waals surface area contributed by atoms with Crippen LogP contribution >= 0.6 is 0 Å². The molecular formula is C11H25N3. The Bertz CT molecular complexity index is 147. The van der Waals surface area contributed by atoms with Crippen molar-refractivity contribution in [3.63, 3.8) is 0 Å². The van der Waals surface area contributed by atoms with E-state index >= 15 is 0 Å². The maximum Gasteiger partial charge on any atom is 0.0105 e. The zero-order chi connectivity index (χ0) is 10.4. The van der Waals surface area contributed by atoms with Crippen LogP contribution in [0, 0.1) is 11.8 Å². The first kappa shape index (κ1) is 12.0. The lowest BCUT2D eigenvalue weighted by Gasteiger charge is -2.15. The molecule has 0 aliphatic carbocycles. The predicted molar refractivity (Wildman–Crippen MR) is 61.3 cm³/mol. The van der Waals surface area contributed by atoms with Crippen molar-refractivity contribution in [2.24, 2.45) is 17.6 Å². The molecule has 0 saturated carbocycles. The van der Waals surface area contributed by atoms with Crippen molar-refractivity contribution in [3.05, 3.63) is 0 Å². The molecule has 3 heteroatoms. The normalized spacial score (nSPS) is 23.6. The molecule has 0 amide bonds. The molecule has 0 aromatic rings. The molecule has 1 atom stereocenters. The summed E-state index contributed by atoms with van der Waals surface area (Å²) in [5, 5.41) is 3.53. The van der Waals surface area contributed by atoms with Gasteiger partial charge in [-0.1, -0.05) is 13.8 Å². The molecule has 1 heterocycles. The summed E-state index contributed by atoms with van der Waals surface area (Å²) in [6.07, 6.45) is 1.34. The van der Waals surface area contributed by atoms with E-state index in [1.54, 1.807) is 0 Å². The van der Waals surface area contributed by atoms with Gasteiger partial charge in [-0.15, -0.1) is 0 Å². The Hall–Kier alpha value is -0.120. The number of hydrogen-bond acceptors (Lipinski definition) is 3. The fourth-order valence-corrected chi connectivity index (χ4v) is 2.04. The average molecular weight is 199 g/mol. The summed E-state index contributed by atoms with van der Waals surface area (Å²) in [6.45, 7) is 11.2. The molecule has 3 N–H and O–H groups in total. The van der Waals surface area contributed by atoms with Gasteiger partial charge in [0.15, 0.2) is 0 Å². The molecule has 0 aromatic carbocycles. The second-order valence-corrected chi connectivity index (χ2v) is 4.80. The van der Waals surface area contributed by atoms with E-state index in [0.717, 1.165) is 31.5 Å². The molecule has 3 nitrogen and oxygen atoms in total. The number of likely N-dealkylation sites (tertiary alicyclic amines) is 1. The number of nitrogens with two attached hydrogens (primary N) is 1. The summed E-state index contributed by atoms with van der Waals surface area (Å²) >= 11 is 0. The highest BCUT2D eigenvalue weighted by Crippen LogP contribution is 2.14. The Morgan fingerprint density at radius 3 is 2.93 bits per heavy atom. The van der Waals surface area contributed by atoms with Gasteiger partial charge in [-0.25, -0.2) is 0 Å². The SMILES string of the molecule is CC(C)CNCC1CCN(CCN)C1. The Morgan fingerprint density at radius 2 is 2.29 bits per heavy atom. The van der Waals surface area contributed by atoms with Crippen LogP contribution in [-0.4, -0.2) is 44.2 Å². The molecule has 0 radical (unpaired) electrons.